The number of pyridine rings is 2. The first-order chi connectivity index (χ1) is 10.1. The molecule has 1 N–H and O–H groups in total. The van der Waals surface area contributed by atoms with Crippen molar-refractivity contribution in [3.05, 3.63) is 48.2 Å². The summed E-state index contributed by atoms with van der Waals surface area (Å²) in [6.07, 6.45) is 3.04. The summed E-state index contributed by atoms with van der Waals surface area (Å²) < 4.78 is 12.9. The highest BCUT2D eigenvalue weighted by molar-refractivity contribution is 5.49. The largest absolute Gasteiger partial charge is 0.376 e. The number of anilines is 2. The predicted octanol–water partition coefficient (Wildman–Crippen LogP) is 3.64. The fourth-order valence-electron chi connectivity index (χ4n) is 2.17. The zero-order valence-corrected chi connectivity index (χ0v) is 12.7. The van der Waals surface area contributed by atoms with Crippen molar-refractivity contribution in [2.24, 2.45) is 0 Å². The number of aromatic nitrogens is 2. The quantitative estimate of drug-likeness (QED) is 0.881. The van der Waals surface area contributed by atoms with Crippen LogP contribution in [0.5, 0.6) is 0 Å². The topological polar surface area (TPSA) is 41.0 Å². The monoisotopic (exact) mass is 288 g/mol. The lowest BCUT2D eigenvalue weighted by atomic mass is 10.2. The van der Waals surface area contributed by atoms with E-state index >= 15 is 0 Å². The molecule has 1 atom stereocenters. The number of halogens is 1. The lowest BCUT2D eigenvalue weighted by Gasteiger charge is -2.20. The molecule has 1 unspecified atom stereocenters. The average molecular weight is 288 g/mol. The maximum Gasteiger partial charge on any atom is 0.141 e. The van der Waals surface area contributed by atoms with Gasteiger partial charge >= 0.3 is 0 Å². The standard InChI is InChI=1S/C16H21FN4/c1-4-21(5-2)16-9-7-14(11-19-16)20-12(3)15-8-6-13(17)10-18-15/h6-12,20H,4-5H2,1-3H3. The minimum atomic E-state index is -0.323. The minimum Gasteiger partial charge on any atom is -0.376 e. The van der Waals surface area contributed by atoms with Crippen LogP contribution in [0.25, 0.3) is 0 Å². The van der Waals surface area contributed by atoms with E-state index in [4.69, 9.17) is 0 Å². The normalized spacial score (nSPS) is 12.0. The Balaban J connectivity index is 2.04. The van der Waals surface area contributed by atoms with Crippen molar-refractivity contribution in [3.63, 3.8) is 0 Å². The van der Waals surface area contributed by atoms with Gasteiger partial charge in [-0.15, -0.1) is 0 Å². The van der Waals surface area contributed by atoms with Crippen LogP contribution in [-0.2, 0) is 0 Å². The molecule has 2 heterocycles. The molecule has 2 aromatic heterocycles. The Bertz CT molecular complexity index is 549. The maximum absolute atomic E-state index is 12.9. The van der Waals surface area contributed by atoms with Gasteiger partial charge in [0.2, 0.25) is 0 Å². The van der Waals surface area contributed by atoms with E-state index in [1.807, 2.05) is 25.3 Å². The van der Waals surface area contributed by atoms with Gasteiger partial charge < -0.3 is 10.2 Å². The molecule has 2 aromatic rings. The molecule has 0 fully saturated rings. The lowest BCUT2D eigenvalue weighted by Crippen LogP contribution is -2.22. The van der Waals surface area contributed by atoms with Crippen molar-refractivity contribution in [2.45, 2.75) is 26.8 Å². The minimum absolute atomic E-state index is 0.00768. The fraction of sp³-hybridized carbons (Fsp3) is 0.375. The van der Waals surface area contributed by atoms with Gasteiger partial charge in [-0.3, -0.25) is 4.98 Å². The maximum atomic E-state index is 12.9. The van der Waals surface area contributed by atoms with Gasteiger partial charge in [0.1, 0.15) is 11.6 Å². The third-order valence-electron chi connectivity index (χ3n) is 3.41. The first kappa shape index (κ1) is 15.2. The van der Waals surface area contributed by atoms with Crippen LogP contribution in [0.3, 0.4) is 0 Å². The van der Waals surface area contributed by atoms with Crippen LogP contribution in [0.2, 0.25) is 0 Å². The Morgan fingerprint density at radius 3 is 2.38 bits per heavy atom. The Labute approximate surface area is 125 Å². The third kappa shape index (κ3) is 3.90. The van der Waals surface area contributed by atoms with E-state index in [-0.39, 0.29) is 11.9 Å². The van der Waals surface area contributed by atoms with Crippen molar-refractivity contribution in [2.75, 3.05) is 23.3 Å². The van der Waals surface area contributed by atoms with Crippen molar-refractivity contribution in [1.82, 2.24) is 9.97 Å². The molecule has 5 heteroatoms. The molecule has 0 aromatic carbocycles. The molecule has 112 valence electrons. The lowest BCUT2D eigenvalue weighted by molar-refractivity contribution is 0.617. The molecule has 0 aliphatic rings. The van der Waals surface area contributed by atoms with Gasteiger partial charge in [0.25, 0.3) is 0 Å². The van der Waals surface area contributed by atoms with Crippen LogP contribution < -0.4 is 10.2 Å². The van der Waals surface area contributed by atoms with Crippen LogP contribution in [0.15, 0.2) is 36.7 Å². The van der Waals surface area contributed by atoms with E-state index in [0.29, 0.717) is 0 Å². The first-order valence-corrected chi connectivity index (χ1v) is 7.23. The molecule has 2 rings (SSSR count). The summed E-state index contributed by atoms with van der Waals surface area (Å²) in [7, 11) is 0. The summed E-state index contributed by atoms with van der Waals surface area (Å²) in [5, 5.41) is 3.31. The average Bonchev–Trinajstić information content (AvgIpc) is 2.51. The van der Waals surface area contributed by atoms with Crippen LogP contribution in [0.1, 0.15) is 32.5 Å². The van der Waals surface area contributed by atoms with E-state index in [0.717, 1.165) is 30.3 Å². The van der Waals surface area contributed by atoms with Crippen LogP contribution in [-0.4, -0.2) is 23.1 Å². The number of hydrogen-bond donors (Lipinski definition) is 1. The van der Waals surface area contributed by atoms with Gasteiger partial charge in [0, 0.05) is 13.1 Å². The number of nitrogens with zero attached hydrogens (tertiary/aromatic N) is 3. The van der Waals surface area contributed by atoms with E-state index in [2.05, 4.69) is 34.0 Å². The zero-order valence-electron chi connectivity index (χ0n) is 12.7. The number of rotatable bonds is 6. The zero-order chi connectivity index (χ0) is 15.2. The Morgan fingerprint density at radius 2 is 1.86 bits per heavy atom. The van der Waals surface area contributed by atoms with E-state index in [1.165, 1.54) is 12.3 Å². The van der Waals surface area contributed by atoms with Crippen molar-refractivity contribution in [3.8, 4) is 0 Å². The molecule has 0 radical (unpaired) electrons. The van der Waals surface area contributed by atoms with E-state index < -0.39 is 0 Å². The first-order valence-electron chi connectivity index (χ1n) is 7.23. The van der Waals surface area contributed by atoms with Gasteiger partial charge in [-0.05, 0) is 45.0 Å². The smallest absolute Gasteiger partial charge is 0.141 e. The fourth-order valence-corrected chi connectivity index (χ4v) is 2.17. The second kappa shape index (κ2) is 7.02. The van der Waals surface area contributed by atoms with Gasteiger partial charge in [-0.2, -0.15) is 0 Å². The van der Waals surface area contributed by atoms with E-state index in [9.17, 15) is 4.39 Å². The summed E-state index contributed by atoms with van der Waals surface area (Å²) in [4.78, 5) is 10.7. The van der Waals surface area contributed by atoms with E-state index in [1.54, 1.807) is 6.07 Å². The molecular formula is C16H21FN4. The molecule has 0 spiro atoms. The van der Waals surface area contributed by atoms with Crippen LogP contribution >= 0.6 is 0 Å². The molecule has 0 bridgehead atoms. The molecule has 0 aliphatic heterocycles. The molecule has 4 nitrogen and oxygen atoms in total. The van der Waals surface area contributed by atoms with Gasteiger partial charge in [0.05, 0.1) is 29.8 Å². The summed E-state index contributed by atoms with van der Waals surface area (Å²) in [5.41, 5.74) is 1.72. The molecule has 0 saturated carbocycles. The Hall–Kier alpha value is -2.17. The third-order valence-corrected chi connectivity index (χ3v) is 3.41. The summed E-state index contributed by atoms with van der Waals surface area (Å²) in [5.74, 6) is 0.648. The predicted molar refractivity (Wildman–Crippen MR) is 84.0 cm³/mol. The summed E-state index contributed by atoms with van der Waals surface area (Å²) in [6.45, 7) is 8.08. The van der Waals surface area contributed by atoms with Crippen molar-refractivity contribution in [1.29, 1.82) is 0 Å². The SMILES string of the molecule is CCN(CC)c1ccc(NC(C)c2ccc(F)cn2)cn1. The van der Waals surface area contributed by atoms with Crippen LogP contribution in [0.4, 0.5) is 15.9 Å². The summed E-state index contributed by atoms with van der Waals surface area (Å²) in [6, 6.07) is 7.10. The Morgan fingerprint density at radius 1 is 1.10 bits per heavy atom. The highest BCUT2D eigenvalue weighted by Gasteiger charge is 2.08. The van der Waals surface area contributed by atoms with Gasteiger partial charge in [-0.25, -0.2) is 9.37 Å². The highest BCUT2D eigenvalue weighted by Crippen LogP contribution is 2.19. The number of nitrogens with one attached hydrogen (secondary N) is 1. The van der Waals surface area contributed by atoms with Crippen molar-refractivity contribution < 1.29 is 4.39 Å². The van der Waals surface area contributed by atoms with Gasteiger partial charge in [0.15, 0.2) is 0 Å². The molecule has 0 aliphatic carbocycles. The Kier molecular flexibility index (Phi) is 5.09. The van der Waals surface area contributed by atoms with Crippen molar-refractivity contribution >= 4 is 11.5 Å². The molecule has 0 amide bonds. The molecular weight excluding hydrogens is 267 g/mol. The second-order valence-electron chi connectivity index (χ2n) is 4.84. The number of hydrogen-bond acceptors (Lipinski definition) is 4. The van der Waals surface area contributed by atoms with Gasteiger partial charge in [-0.1, -0.05) is 0 Å². The second-order valence-corrected chi connectivity index (χ2v) is 4.84. The summed E-state index contributed by atoms with van der Waals surface area (Å²) >= 11 is 0. The van der Waals surface area contributed by atoms with Crippen LogP contribution in [0, 0.1) is 5.82 Å². The highest BCUT2D eigenvalue weighted by atomic mass is 19.1. The molecule has 0 saturated heterocycles. The molecule has 21 heavy (non-hydrogen) atoms.